The summed E-state index contributed by atoms with van der Waals surface area (Å²) in [5, 5.41) is 6.64. The largest absolute Gasteiger partial charge is 0.378 e. The summed E-state index contributed by atoms with van der Waals surface area (Å²) in [6.45, 7) is 4.38. The third-order valence-electron chi connectivity index (χ3n) is 6.42. The van der Waals surface area contributed by atoms with Gasteiger partial charge >= 0.3 is 0 Å². The fourth-order valence-corrected chi connectivity index (χ4v) is 4.19. The van der Waals surface area contributed by atoms with Crippen molar-refractivity contribution in [2.75, 3.05) is 36.5 Å². The van der Waals surface area contributed by atoms with Crippen molar-refractivity contribution in [1.82, 2.24) is 19.5 Å². The Kier molecular flexibility index (Phi) is 5.21. The third kappa shape index (κ3) is 4.01. The highest BCUT2D eigenvalue weighted by atomic mass is 19.1. The molecule has 4 aromatic rings. The van der Waals surface area contributed by atoms with Crippen molar-refractivity contribution in [3.05, 3.63) is 59.6 Å². The van der Waals surface area contributed by atoms with Crippen LogP contribution in [0.1, 0.15) is 34.3 Å². The number of hydrogen-bond donors (Lipinski definition) is 1. The summed E-state index contributed by atoms with van der Waals surface area (Å²) in [4.78, 5) is 23.9. The second-order valence-electron chi connectivity index (χ2n) is 8.76. The number of ether oxygens (including phenoxy) is 1. The zero-order valence-corrected chi connectivity index (χ0v) is 18.9. The first-order chi connectivity index (χ1) is 17.0. The minimum Gasteiger partial charge on any atom is -0.378 e. The number of carbonyl (C=O) groups is 1. The van der Waals surface area contributed by atoms with Gasteiger partial charge in [-0.05, 0) is 37.6 Å². The number of amides is 1. The maximum atomic E-state index is 14.7. The third-order valence-corrected chi connectivity index (χ3v) is 6.42. The summed E-state index contributed by atoms with van der Waals surface area (Å²) in [7, 11) is 0. The number of alkyl halides is 1. The summed E-state index contributed by atoms with van der Waals surface area (Å²) >= 11 is 0. The molecule has 1 saturated heterocycles. The van der Waals surface area contributed by atoms with Crippen LogP contribution in [0, 0.1) is 12.7 Å². The van der Waals surface area contributed by atoms with Crippen LogP contribution in [0.3, 0.4) is 0 Å². The number of imidazole rings is 1. The van der Waals surface area contributed by atoms with Gasteiger partial charge in [0.05, 0.1) is 31.0 Å². The molecule has 1 aliphatic carbocycles. The predicted octanol–water partition coefficient (Wildman–Crippen LogP) is 3.75. The minimum absolute atomic E-state index is 0.137. The summed E-state index contributed by atoms with van der Waals surface area (Å²) in [6, 6.07) is 6.66. The fraction of sp³-hybridized carbons (Fsp3) is 0.333. The number of rotatable bonds is 5. The summed E-state index contributed by atoms with van der Waals surface area (Å²) in [5.74, 6) is -1.04. The van der Waals surface area contributed by atoms with Crippen LogP contribution in [0.4, 0.5) is 20.2 Å². The summed E-state index contributed by atoms with van der Waals surface area (Å²) < 4.78 is 40.3. The standard InChI is InChI=1S/C24H22F2N6O3/c1-13-17(25)8-14(22-29-24(35-30-22)16-10-18(16)26)9-19(13)28-23(33)20-11-27-21-3-2-15(12-32(20)21)31-4-6-34-7-5-31/h2-3,8-9,11-12,16,18H,4-7,10H2,1H3,(H,28,33)/t16-,18-/m0/s1. The molecule has 180 valence electrons. The molecular weight excluding hydrogens is 458 g/mol. The Labute approximate surface area is 198 Å². The van der Waals surface area contributed by atoms with Gasteiger partial charge < -0.3 is 19.5 Å². The number of halogens is 2. The van der Waals surface area contributed by atoms with E-state index in [1.165, 1.54) is 12.3 Å². The van der Waals surface area contributed by atoms with Gasteiger partial charge in [-0.2, -0.15) is 4.98 Å². The zero-order valence-electron chi connectivity index (χ0n) is 18.9. The van der Waals surface area contributed by atoms with E-state index >= 15 is 0 Å². The molecule has 35 heavy (non-hydrogen) atoms. The van der Waals surface area contributed by atoms with E-state index in [4.69, 9.17) is 9.26 Å². The Balaban J connectivity index is 1.29. The number of benzene rings is 1. The van der Waals surface area contributed by atoms with E-state index in [9.17, 15) is 13.6 Å². The SMILES string of the molecule is Cc1c(F)cc(-c2noc([C@H]3C[C@@H]3F)n2)cc1NC(=O)c1cnc2ccc(N3CCOCC3)cn12. The van der Waals surface area contributed by atoms with E-state index in [0.717, 1.165) is 18.8 Å². The first-order valence-corrected chi connectivity index (χ1v) is 11.4. The van der Waals surface area contributed by atoms with Crippen LogP contribution < -0.4 is 10.2 Å². The van der Waals surface area contributed by atoms with Crippen LogP contribution in [0.5, 0.6) is 0 Å². The van der Waals surface area contributed by atoms with Crippen LogP contribution >= 0.6 is 0 Å². The lowest BCUT2D eigenvalue weighted by molar-refractivity contribution is 0.102. The molecule has 1 amide bonds. The van der Waals surface area contributed by atoms with E-state index < -0.39 is 23.8 Å². The van der Waals surface area contributed by atoms with Gasteiger partial charge in [0.15, 0.2) is 0 Å². The van der Waals surface area contributed by atoms with Crippen molar-refractivity contribution in [3.63, 3.8) is 0 Å². The number of nitrogens with one attached hydrogen (secondary N) is 1. The van der Waals surface area contributed by atoms with Crippen molar-refractivity contribution < 1.29 is 22.8 Å². The molecule has 0 unspecified atom stereocenters. The van der Waals surface area contributed by atoms with Crippen LogP contribution in [-0.2, 0) is 4.74 Å². The van der Waals surface area contributed by atoms with Gasteiger partial charge in [0.2, 0.25) is 11.7 Å². The Morgan fingerprint density at radius 1 is 1.23 bits per heavy atom. The molecule has 4 heterocycles. The van der Waals surface area contributed by atoms with Crippen molar-refractivity contribution in [2.24, 2.45) is 0 Å². The predicted molar refractivity (Wildman–Crippen MR) is 123 cm³/mol. The maximum Gasteiger partial charge on any atom is 0.274 e. The molecule has 6 rings (SSSR count). The second kappa shape index (κ2) is 8.42. The lowest BCUT2D eigenvalue weighted by atomic mass is 10.1. The molecule has 3 aromatic heterocycles. The van der Waals surface area contributed by atoms with Crippen LogP contribution in [0.15, 0.2) is 41.2 Å². The number of pyridine rings is 1. The molecule has 1 saturated carbocycles. The van der Waals surface area contributed by atoms with Crippen LogP contribution in [0.25, 0.3) is 17.0 Å². The molecule has 9 nitrogen and oxygen atoms in total. The molecule has 1 aliphatic heterocycles. The van der Waals surface area contributed by atoms with Crippen LogP contribution in [0.2, 0.25) is 0 Å². The summed E-state index contributed by atoms with van der Waals surface area (Å²) in [5.41, 5.74) is 2.74. The lowest BCUT2D eigenvalue weighted by Crippen LogP contribution is -2.36. The fourth-order valence-electron chi connectivity index (χ4n) is 4.19. The van der Waals surface area contributed by atoms with Crippen molar-refractivity contribution in [2.45, 2.75) is 25.4 Å². The maximum absolute atomic E-state index is 14.7. The first-order valence-electron chi connectivity index (χ1n) is 11.4. The molecule has 2 aliphatic rings. The quantitative estimate of drug-likeness (QED) is 0.465. The van der Waals surface area contributed by atoms with Gasteiger partial charge in [-0.1, -0.05) is 5.16 Å². The van der Waals surface area contributed by atoms with Crippen molar-refractivity contribution >= 4 is 22.9 Å². The number of hydrogen-bond acceptors (Lipinski definition) is 7. The number of fused-ring (bicyclic) bond motifs is 1. The van der Waals surface area contributed by atoms with E-state index in [1.54, 1.807) is 17.4 Å². The average Bonchev–Trinajstić information content (AvgIpc) is 3.25. The minimum atomic E-state index is -0.984. The van der Waals surface area contributed by atoms with Crippen molar-refractivity contribution in [3.8, 4) is 11.4 Å². The van der Waals surface area contributed by atoms with Gasteiger partial charge in [-0.25, -0.2) is 13.8 Å². The van der Waals surface area contributed by atoms with E-state index in [2.05, 4.69) is 25.3 Å². The monoisotopic (exact) mass is 480 g/mol. The normalized spacial score (nSPS) is 19.8. The molecule has 2 atom stereocenters. The molecule has 0 bridgehead atoms. The number of carbonyl (C=O) groups excluding carboxylic acids is 1. The molecule has 2 fully saturated rings. The molecule has 1 N–H and O–H groups in total. The van der Waals surface area contributed by atoms with E-state index in [0.29, 0.717) is 36.5 Å². The molecule has 0 spiro atoms. The van der Waals surface area contributed by atoms with Crippen molar-refractivity contribution in [1.29, 1.82) is 0 Å². The number of aromatic nitrogens is 4. The van der Waals surface area contributed by atoms with E-state index in [1.807, 2.05) is 18.3 Å². The Morgan fingerprint density at radius 3 is 2.80 bits per heavy atom. The number of nitrogens with zero attached hydrogens (tertiary/aromatic N) is 5. The van der Waals surface area contributed by atoms with Gasteiger partial charge in [0.25, 0.3) is 5.91 Å². The second-order valence-corrected chi connectivity index (χ2v) is 8.76. The Bertz CT molecular complexity index is 1430. The molecule has 0 radical (unpaired) electrons. The smallest absolute Gasteiger partial charge is 0.274 e. The zero-order chi connectivity index (χ0) is 24.1. The highest BCUT2D eigenvalue weighted by Crippen LogP contribution is 2.43. The summed E-state index contributed by atoms with van der Waals surface area (Å²) in [6.07, 6.45) is 2.71. The number of morpholine rings is 1. The van der Waals surface area contributed by atoms with E-state index in [-0.39, 0.29) is 23.0 Å². The van der Waals surface area contributed by atoms with Gasteiger partial charge in [0, 0.05) is 36.1 Å². The van der Waals surface area contributed by atoms with Gasteiger partial charge in [-0.15, -0.1) is 0 Å². The van der Waals surface area contributed by atoms with Gasteiger partial charge in [-0.3, -0.25) is 9.20 Å². The highest BCUT2D eigenvalue weighted by Gasteiger charge is 2.43. The average molecular weight is 480 g/mol. The van der Waals surface area contributed by atoms with Crippen LogP contribution in [-0.4, -0.2) is 57.9 Å². The topological polar surface area (TPSA) is 97.8 Å². The lowest BCUT2D eigenvalue weighted by Gasteiger charge is -2.28. The number of anilines is 2. The molecular formula is C24H22F2N6O3. The van der Waals surface area contributed by atoms with Gasteiger partial charge in [0.1, 0.15) is 23.3 Å². The Morgan fingerprint density at radius 2 is 2.03 bits per heavy atom. The molecule has 11 heteroatoms. The highest BCUT2D eigenvalue weighted by molar-refractivity contribution is 6.04. The Hall–Kier alpha value is -3.86. The molecule has 1 aromatic carbocycles. The first kappa shape index (κ1) is 21.7.